The monoisotopic (exact) mass is 294 g/mol. The molecule has 1 aromatic rings. The topological polar surface area (TPSA) is 91.3 Å². The molecule has 3 N–H and O–H groups in total. The van der Waals surface area contributed by atoms with Crippen LogP contribution in [0.2, 0.25) is 0 Å². The van der Waals surface area contributed by atoms with Crippen molar-refractivity contribution in [3.05, 3.63) is 17.7 Å². The van der Waals surface area contributed by atoms with Gasteiger partial charge in [0.15, 0.2) is 11.5 Å². The molecule has 1 amide bonds. The standard InChI is InChI=1S/C14H18N2O5/c1-20-11-5-7-8(6-10(11)17)15-13(18)9-3-4-12(21-2)16(9)14(7)19/h5-6,9,12-13,15,17-18H,3-4H2,1-2H3/t9?,12-,13-/m0/s1. The summed E-state index contributed by atoms with van der Waals surface area (Å²) in [4.78, 5) is 14.3. The molecule has 0 saturated carbocycles. The summed E-state index contributed by atoms with van der Waals surface area (Å²) in [6.07, 6.45) is 0.0546. The van der Waals surface area contributed by atoms with Crippen LogP contribution in [0.4, 0.5) is 5.69 Å². The number of fused-ring (bicyclic) bond motifs is 2. The molecule has 0 aliphatic carbocycles. The number of rotatable bonds is 2. The van der Waals surface area contributed by atoms with Crippen molar-refractivity contribution in [2.24, 2.45) is 0 Å². The summed E-state index contributed by atoms with van der Waals surface area (Å²) < 4.78 is 10.4. The summed E-state index contributed by atoms with van der Waals surface area (Å²) >= 11 is 0. The number of aliphatic hydroxyl groups is 1. The molecule has 0 spiro atoms. The van der Waals surface area contributed by atoms with Crippen LogP contribution in [0, 0.1) is 0 Å². The van der Waals surface area contributed by atoms with Gasteiger partial charge in [0, 0.05) is 13.2 Å². The molecular formula is C14H18N2O5. The largest absolute Gasteiger partial charge is 0.504 e. The lowest BCUT2D eigenvalue weighted by Crippen LogP contribution is -2.47. The van der Waals surface area contributed by atoms with Crippen LogP contribution in [0.3, 0.4) is 0 Å². The summed E-state index contributed by atoms with van der Waals surface area (Å²) in [7, 11) is 2.96. The van der Waals surface area contributed by atoms with Gasteiger partial charge in [0.05, 0.1) is 24.4 Å². The number of phenolic OH excluding ortho intramolecular Hbond substituents is 1. The highest BCUT2D eigenvalue weighted by Gasteiger charge is 2.44. The van der Waals surface area contributed by atoms with Gasteiger partial charge in [0.1, 0.15) is 12.5 Å². The molecule has 0 bridgehead atoms. The first-order chi connectivity index (χ1) is 10.1. The quantitative estimate of drug-likeness (QED) is 0.744. The van der Waals surface area contributed by atoms with Crippen molar-refractivity contribution in [1.82, 2.24) is 4.90 Å². The van der Waals surface area contributed by atoms with Crippen molar-refractivity contribution in [2.75, 3.05) is 19.5 Å². The van der Waals surface area contributed by atoms with Crippen LogP contribution in [0.1, 0.15) is 23.2 Å². The van der Waals surface area contributed by atoms with E-state index >= 15 is 0 Å². The van der Waals surface area contributed by atoms with Crippen molar-refractivity contribution < 1.29 is 24.5 Å². The van der Waals surface area contributed by atoms with E-state index in [1.165, 1.54) is 19.2 Å². The fraction of sp³-hybridized carbons (Fsp3) is 0.500. The molecule has 3 atom stereocenters. The number of carbonyl (C=O) groups is 1. The zero-order valence-electron chi connectivity index (χ0n) is 11.9. The van der Waals surface area contributed by atoms with Crippen LogP contribution in [0.15, 0.2) is 12.1 Å². The Morgan fingerprint density at radius 1 is 1.33 bits per heavy atom. The van der Waals surface area contributed by atoms with Crippen LogP contribution in [-0.2, 0) is 4.74 Å². The number of methoxy groups -OCH3 is 2. The van der Waals surface area contributed by atoms with Crippen molar-refractivity contribution in [1.29, 1.82) is 0 Å². The normalized spacial score (nSPS) is 27.7. The number of phenols is 1. The second kappa shape index (κ2) is 5.09. The molecule has 7 nitrogen and oxygen atoms in total. The molecule has 114 valence electrons. The molecule has 0 radical (unpaired) electrons. The Morgan fingerprint density at radius 3 is 2.76 bits per heavy atom. The Morgan fingerprint density at radius 2 is 2.10 bits per heavy atom. The lowest BCUT2D eigenvalue weighted by molar-refractivity contribution is -0.0246. The van der Waals surface area contributed by atoms with Crippen LogP contribution >= 0.6 is 0 Å². The number of nitrogens with one attached hydrogen (secondary N) is 1. The van der Waals surface area contributed by atoms with Crippen molar-refractivity contribution in [3.8, 4) is 11.5 Å². The van der Waals surface area contributed by atoms with Gasteiger partial charge in [0.2, 0.25) is 0 Å². The zero-order valence-corrected chi connectivity index (χ0v) is 11.9. The minimum absolute atomic E-state index is 0.0888. The summed E-state index contributed by atoms with van der Waals surface area (Å²) in [5, 5.41) is 23.0. The number of ether oxygens (including phenoxy) is 2. The number of anilines is 1. The second-order valence-corrected chi connectivity index (χ2v) is 5.21. The van der Waals surface area contributed by atoms with Crippen molar-refractivity contribution in [2.45, 2.75) is 31.3 Å². The predicted molar refractivity (Wildman–Crippen MR) is 74.3 cm³/mol. The van der Waals surface area contributed by atoms with Crippen LogP contribution in [0.25, 0.3) is 0 Å². The third-order valence-corrected chi connectivity index (χ3v) is 4.10. The SMILES string of the molecule is COc1cc2c(cc1O)N[C@@H](O)C1CC[C@H](OC)N1C2=O. The average Bonchev–Trinajstić information content (AvgIpc) is 2.87. The summed E-state index contributed by atoms with van der Waals surface area (Å²) in [6.45, 7) is 0. The Labute approximate surface area is 122 Å². The predicted octanol–water partition coefficient (Wildman–Crippen LogP) is 0.722. The number of carbonyl (C=O) groups excluding carboxylic acids is 1. The van der Waals surface area contributed by atoms with E-state index < -0.39 is 6.23 Å². The van der Waals surface area contributed by atoms with Gasteiger partial charge in [-0.1, -0.05) is 0 Å². The second-order valence-electron chi connectivity index (χ2n) is 5.21. The fourth-order valence-corrected chi connectivity index (χ4v) is 3.05. The van der Waals surface area contributed by atoms with Gasteiger partial charge in [-0.05, 0) is 18.9 Å². The van der Waals surface area contributed by atoms with Gasteiger partial charge in [0.25, 0.3) is 5.91 Å². The van der Waals surface area contributed by atoms with E-state index in [1.54, 1.807) is 12.0 Å². The highest BCUT2D eigenvalue weighted by molar-refractivity contribution is 6.01. The molecule has 7 heteroatoms. The van der Waals surface area contributed by atoms with Crippen LogP contribution in [-0.4, -0.2) is 53.7 Å². The van der Waals surface area contributed by atoms with E-state index in [4.69, 9.17) is 9.47 Å². The Balaban J connectivity index is 2.09. The van der Waals surface area contributed by atoms with Gasteiger partial charge in [-0.15, -0.1) is 0 Å². The third kappa shape index (κ3) is 2.09. The lowest BCUT2D eigenvalue weighted by Gasteiger charge is -2.29. The molecule has 1 fully saturated rings. The van der Waals surface area contributed by atoms with Gasteiger partial charge in [-0.2, -0.15) is 0 Å². The van der Waals surface area contributed by atoms with Crippen LogP contribution < -0.4 is 10.1 Å². The lowest BCUT2D eigenvalue weighted by atomic mass is 10.1. The van der Waals surface area contributed by atoms with Crippen molar-refractivity contribution in [3.63, 3.8) is 0 Å². The minimum atomic E-state index is -0.914. The van der Waals surface area contributed by atoms with E-state index in [2.05, 4.69) is 5.32 Å². The highest BCUT2D eigenvalue weighted by Crippen LogP contribution is 2.38. The maximum absolute atomic E-state index is 12.8. The molecule has 2 heterocycles. The first-order valence-corrected chi connectivity index (χ1v) is 6.78. The zero-order chi connectivity index (χ0) is 15.1. The molecule has 1 aromatic carbocycles. The molecule has 2 aliphatic rings. The van der Waals surface area contributed by atoms with Gasteiger partial charge >= 0.3 is 0 Å². The first kappa shape index (κ1) is 14.0. The molecule has 3 rings (SSSR count). The van der Waals surface area contributed by atoms with Gasteiger partial charge in [-0.3, -0.25) is 4.79 Å². The number of nitrogens with zero attached hydrogens (tertiary/aromatic N) is 1. The van der Waals surface area contributed by atoms with Crippen molar-refractivity contribution >= 4 is 11.6 Å². The average molecular weight is 294 g/mol. The van der Waals surface area contributed by atoms with E-state index in [0.29, 0.717) is 24.1 Å². The van der Waals surface area contributed by atoms with E-state index in [1.807, 2.05) is 0 Å². The van der Waals surface area contributed by atoms with Gasteiger partial charge < -0.3 is 29.9 Å². The number of hydrogen-bond donors (Lipinski definition) is 3. The number of aromatic hydroxyl groups is 1. The van der Waals surface area contributed by atoms with E-state index in [-0.39, 0.29) is 29.7 Å². The van der Waals surface area contributed by atoms with Crippen LogP contribution in [0.5, 0.6) is 11.5 Å². The minimum Gasteiger partial charge on any atom is -0.504 e. The fourth-order valence-electron chi connectivity index (χ4n) is 3.05. The van der Waals surface area contributed by atoms with Gasteiger partial charge in [-0.25, -0.2) is 0 Å². The molecule has 21 heavy (non-hydrogen) atoms. The highest BCUT2D eigenvalue weighted by atomic mass is 16.5. The Kier molecular flexibility index (Phi) is 3.38. The molecule has 0 aromatic heterocycles. The molecule has 1 saturated heterocycles. The summed E-state index contributed by atoms with van der Waals surface area (Å²) in [5.74, 6) is -0.124. The Hall–Kier alpha value is -1.99. The number of benzene rings is 1. The number of aliphatic hydroxyl groups excluding tert-OH is 1. The smallest absolute Gasteiger partial charge is 0.258 e. The summed E-state index contributed by atoms with van der Waals surface area (Å²) in [6, 6.07) is 2.50. The van der Waals surface area contributed by atoms with E-state index in [9.17, 15) is 15.0 Å². The molecule has 1 unspecified atom stereocenters. The maximum Gasteiger partial charge on any atom is 0.258 e. The maximum atomic E-state index is 12.8. The first-order valence-electron chi connectivity index (χ1n) is 6.78. The summed E-state index contributed by atoms with van der Waals surface area (Å²) in [5.41, 5.74) is 0.727. The molecule has 2 aliphatic heterocycles. The number of amides is 1. The Bertz CT molecular complexity index is 577. The molecular weight excluding hydrogens is 276 g/mol. The third-order valence-electron chi connectivity index (χ3n) is 4.10. The number of hydrogen-bond acceptors (Lipinski definition) is 6. The van der Waals surface area contributed by atoms with E-state index in [0.717, 1.165) is 0 Å².